The van der Waals surface area contributed by atoms with Gasteiger partial charge >= 0.3 is 11.9 Å². The van der Waals surface area contributed by atoms with Crippen LogP contribution in [0.15, 0.2) is 35.1 Å². The number of carbonyl (C=O) groups is 2. The number of carboxylic acid groups (broad SMARTS) is 1. The van der Waals surface area contributed by atoms with Gasteiger partial charge in [0.25, 0.3) is 5.56 Å². The van der Waals surface area contributed by atoms with E-state index in [-0.39, 0.29) is 36.1 Å². The second-order valence-electron chi connectivity index (χ2n) is 7.70. The Labute approximate surface area is 170 Å². The van der Waals surface area contributed by atoms with Gasteiger partial charge in [-0.1, -0.05) is 13.0 Å². The average Bonchev–Trinajstić information content (AvgIpc) is 3.07. The minimum Gasteiger partial charge on any atom is -0.481 e. The summed E-state index contributed by atoms with van der Waals surface area (Å²) in [5.74, 6) is -1.66. The van der Waals surface area contributed by atoms with Crippen LogP contribution in [-0.4, -0.2) is 31.7 Å². The molecule has 0 bridgehead atoms. The van der Waals surface area contributed by atoms with Crippen LogP contribution in [0.5, 0.6) is 0 Å². The van der Waals surface area contributed by atoms with Crippen molar-refractivity contribution in [1.82, 2.24) is 9.55 Å². The van der Waals surface area contributed by atoms with Crippen molar-refractivity contribution < 1.29 is 24.5 Å². The van der Waals surface area contributed by atoms with Crippen LogP contribution < -0.4 is 5.56 Å². The van der Waals surface area contributed by atoms with Gasteiger partial charge < -0.3 is 19.5 Å². The lowest BCUT2D eigenvalue weighted by Crippen LogP contribution is -2.44. The second-order valence-corrected chi connectivity index (χ2v) is 7.70. The van der Waals surface area contributed by atoms with Crippen LogP contribution in [0.25, 0.3) is 22.3 Å². The number of aliphatic hydroxyl groups is 1. The van der Waals surface area contributed by atoms with Crippen molar-refractivity contribution >= 4 is 22.8 Å². The predicted octanol–water partition coefficient (Wildman–Crippen LogP) is 1.71. The highest BCUT2D eigenvalue weighted by Crippen LogP contribution is 2.38. The fourth-order valence-electron chi connectivity index (χ4n) is 4.32. The number of benzene rings is 1. The van der Waals surface area contributed by atoms with Crippen molar-refractivity contribution in [3.05, 3.63) is 62.9 Å². The summed E-state index contributed by atoms with van der Waals surface area (Å²) < 4.78 is 6.64. The van der Waals surface area contributed by atoms with Crippen LogP contribution in [0.2, 0.25) is 0 Å². The quantitative estimate of drug-likeness (QED) is 0.497. The lowest BCUT2D eigenvalue weighted by atomic mass is 9.86. The van der Waals surface area contributed by atoms with Crippen molar-refractivity contribution in [1.29, 1.82) is 0 Å². The Morgan fingerprint density at radius 1 is 1.27 bits per heavy atom. The number of fused-ring (bicyclic) bond motifs is 5. The van der Waals surface area contributed by atoms with Crippen molar-refractivity contribution in [3.8, 4) is 11.4 Å². The molecule has 152 valence electrons. The third-order valence-corrected chi connectivity index (χ3v) is 5.93. The Bertz CT molecular complexity index is 1330. The van der Waals surface area contributed by atoms with Crippen LogP contribution in [-0.2, 0) is 39.5 Å². The first-order valence-electron chi connectivity index (χ1n) is 9.63. The molecule has 2 aliphatic rings. The summed E-state index contributed by atoms with van der Waals surface area (Å²) in [6.45, 7) is 1.80. The first kappa shape index (κ1) is 18.5. The maximum Gasteiger partial charge on any atom is 0.343 e. The number of carboxylic acids is 1. The van der Waals surface area contributed by atoms with Gasteiger partial charge in [0, 0.05) is 16.5 Å². The number of hydrogen-bond donors (Lipinski definition) is 2. The number of carbonyl (C=O) groups excluding carboxylic acids is 1. The molecule has 1 aromatic carbocycles. The molecule has 0 radical (unpaired) electrons. The van der Waals surface area contributed by atoms with E-state index in [1.807, 2.05) is 6.07 Å². The molecular formula is C22H18N2O6. The lowest BCUT2D eigenvalue weighted by molar-refractivity contribution is -0.172. The minimum absolute atomic E-state index is 0.0803. The molecule has 0 saturated heterocycles. The molecule has 0 amide bonds. The van der Waals surface area contributed by atoms with E-state index in [0.717, 1.165) is 10.9 Å². The number of nitrogens with zero attached hydrogens (tertiary/aromatic N) is 2. The average molecular weight is 406 g/mol. The van der Waals surface area contributed by atoms with Gasteiger partial charge in [0.05, 0.1) is 35.4 Å². The maximum atomic E-state index is 13.1. The number of ether oxygens (including phenoxy) is 1. The van der Waals surface area contributed by atoms with Crippen LogP contribution in [0.4, 0.5) is 0 Å². The van der Waals surface area contributed by atoms with Crippen molar-refractivity contribution in [3.63, 3.8) is 0 Å². The monoisotopic (exact) mass is 406 g/mol. The number of esters is 1. The van der Waals surface area contributed by atoms with Gasteiger partial charge in [0.2, 0.25) is 0 Å². The molecule has 2 aliphatic heterocycles. The Morgan fingerprint density at radius 3 is 2.80 bits per heavy atom. The van der Waals surface area contributed by atoms with Crippen molar-refractivity contribution in [2.24, 2.45) is 0 Å². The fourth-order valence-corrected chi connectivity index (χ4v) is 4.32. The zero-order valence-electron chi connectivity index (χ0n) is 16.1. The SMILES string of the molecule is CCC1(O)C(=O)OCc2c1cc1n(c2=O)Cc2cc3cc(CC(=O)O)ccc3nc2-1. The van der Waals surface area contributed by atoms with E-state index in [9.17, 15) is 19.5 Å². The zero-order chi connectivity index (χ0) is 21.2. The van der Waals surface area contributed by atoms with Gasteiger partial charge in [-0.15, -0.1) is 0 Å². The van der Waals surface area contributed by atoms with E-state index in [4.69, 9.17) is 14.8 Å². The van der Waals surface area contributed by atoms with Gasteiger partial charge in [-0.05, 0) is 36.2 Å². The minimum atomic E-state index is -1.85. The molecule has 8 heteroatoms. The summed E-state index contributed by atoms with van der Waals surface area (Å²) >= 11 is 0. The number of aromatic nitrogens is 2. The summed E-state index contributed by atoms with van der Waals surface area (Å²) in [6.07, 6.45) is 0.00907. The molecule has 8 nitrogen and oxygen atoms in total. The first-order valence-corrected chi connectivity index (χ1v) is 9.63. The molecule has 0 fully saturated rings. The molecule has 3 aromatic rings. The van der Waals surface area contributed by atoms with E-state index < -0.39 is 17.5 Å². The third kappa shape index (κ3) is 2.50. The molecule has 1 unspecified atom stereocenters. The Morgan fingerprint density at radius 2 is 2.07 bits per heavy atom. The molecule has 2 aromatic heterocycles. The Hall–Kier alpha value is -3.52. The molecular weight excluding hydrogens is 388 g/mol. The standard InChI is InChI=1S/C22H18N2O6/c1-2-22(29)15-8-17-19-13(9-24(17)20(27)14(15)10-30-21(22)28)7-12-5-11(6-18(25)26)3-4-16(12)23-19/h3-5,7-8,29H,2,6,9-10H2,1H3,(H,25,26). The topological polar surface area (TPSA) is 119 Å². The highest BCUT2D eigenvalue weighted by Gasteiger charge is 2.45. The first-order chi connectivity index (χ1) is 14.3. The molecule has 2 N–H and O–H groups in total. The highest BCUT2D eigenvalue weighted by molar-refractivity contribution is 5.87. The normalized spacial score (nSPS) is 19.2. The van der Waals surface area contributed by atoms with Crippen LogP contribution >= 0.6 is 0 Å². The number of aliphatic carboxylic acids is 1. The largest absolute Gasteiger partial charge is 0.481 e. The second kappa shape index (κ2) is 6.24. The van der Waals surface area contributed by atoms with Crippen LogP contribution in [0.3, 0.4) is 0 Å². The molecule has 30 heavy (non-hydrogen) atoms. The molecule has 0 aliphatic carbocycles. The molecule has 0 spiro atoms. The fraction of sp³-hybridized carbons (Fsp3) is 0.273. The highest BCUT2D eigenvalue weighted by atomic mass is 16.6. The Kier molecular flexibility index (Phi) is 3.85. The van der Waals surface area contributed by atoms with E-state index >= 15 is 0 Å². The molecule has 5 rings (SSSR count). The van der Waals surface area contributed by atoms with Gasteiger partial charge in [0.1, 0.15) is 6.61 Å². The van der Waals surface area contributed by atoms with E-state index in [1.165, 1.54) is 0 Å². The predicted molar refractivity (Wildman–Crippen MR) is 106 cm³/mol. The molecule has 1 atom stereocenters. The summed E-state index contributed by atoms with van der Waals surface area (Å²) in [7, 11) is 0. The van der Waals surface area contributed by atoms with Crippen LogP contribution in [0, 0.1) is 0 Å². The number of cyclic esters (lactones) is 1. The van der Waals surface area contributed by atoms with E-state index in [0.29, 0.717) is 29.0 Å². The van der Waals surface area contributed by atoms with Crippen LogP contribution in [0.1, 0.15) is 35.6 Å². The zero-order valence-corrected chi connectivity index (χ0v) is 16.1. The third-order valence-electron chi connectivity index (χ3n) is 5.93. The number of pyridine rings is 2. The van der Waals surface area contributed by atoms with E-state index in [1.54, 1.807) is 35.8 Å². The molecule has 0 saturated carbocycles. The number of hydrogen-bond acceptors (Lipinski definition) is 6. The summed E-state index contributed by atoms with van der Waals surface area (Å²) in [5.41, 5.74) is 1.73. The van der Waals surface area contributed by atoms with Crippen molar-refractivity contribution in [2.75, 3.05) is 0 Å². The van der Waals surface area contributed by atoms with Gasteiger partial charge in [-0.3, -0.25) is 9.59 Å². The number of rotatable bonds is 3. The van der Waals surface area contributed by atoms with Gasteiger partial charge in [-0.25, -0.2) is 9.78 Å². The summed E-state index contributed by atoms with van der Waals surface area (Å²) in [4.78, 5) is 41.0. The van der Waals surface area contributed by atoms with E-state index in [2.05, 4.69) is 0 Å². The van der Waals surface area contributed by atoms with Gasteiger partial charge in [0.15, 0.2) is 5.60 Å². The summed E-state index contributed by atoms with van der Waals surface area (Å²) in [6, 6.07) is 8.84. The van der Waals surface area contributed by atoms with Crippen molar-refractivity contribution in [2.45, 2.75) is 38.5 Å². The maximum absolute atomic E-state index is 13.1. The Balaban J connectivity index is 1.70. The molecule has 4 heterocycles. The smallest absolute Gasteiger partial charge is 0.343 e. The summed E-state index contributed by atoms with van der Waals surface area (Å²) in [5, 5.41) is 20.7. The van der Waals surface area contributed by atoms with Gasteiger partial charge in [-0.2, -0.15) is 0 Å². The lowest BCUT2D eigenvalue weighted by Gasteiger charge is -2.31.